The van der Waals surface area contributed by atoms with Crippen LogP contribution in [0.3, 0.4) is 0 Å². The van der Waals surface area contributed by atoms with Gasteiger partial charge in [0, 0.05) is 31.0 Å². The topological polar surface area (TPSA) is 118 Å². The van der Waals surface area contributed by atoms with Crippen LogP contribution in [0.1, 0.15) is 32.4 Å². The van der Waals surface area contributed by atoms with Crippen LogP contribution in [0.2, 0.25) is 0 Å². The van der Waals surface area contributed by atoms with Crippen LogP contribution >= 0.6 is 0 Å². The second kappa shape index (κ2) is 6.69. The Hall–Kier alpha value is -2.46. The van der Waals surface area contributed by atoms with Gasteiger partial charge in [-0.25, -0.2) is 0 Å². The third-order valence-corrected chi connectivity index (χ3v) is 4.89. The van der Waals surface area contributed by atoms with Crippen molar-refractivity contribution >= 4 is 5.91 Å². The van der Waals surface area contributed by atoms with Crippen LogP contribution in [0.5, 0.6) is 5.75 Å². The van der Waals surface area contributed by atoms with E-state index in [1.54, 1.807) is 42.1 Å². The first-order valence-electron chi connectivity index (χ1n) is 8.36. The van der Waals surface area contributed by atoms with Crippen LogP contribution in [0.25, 0.3) is 0 Å². The first kappa shape index (κ1) is 18.3. The second-order valence-electron chi connectivity index (χ2n) is 6.99. The predicted octanol–water partition coefficient (Wildman–Crippen LogP) is 0.353. The van der Waals surface area contributed by atoms with E-state index in [0.29, 0.717) is 24.4 Å². The molecule has 2 aliphatic heterocycles. The molecule has 142 valence electrons. The Morgan fingerprint density at radius 2 is 2.23 bits per heavy atom. The third-order valence-electron chi connectivity index (χ3n) is 4.89. The molecule has 26 heavy (non-hydrogen) atoms. The van der Waals surface area contributed by atoms with Crippen LogP contribution in [0, 0.1) is 10.1 Å². The van der Waals surface area contributed by atoms with E-state index in [1.807, 2.05) is 0 Å². The molecule has 2 aliphatic rings. The molecule has 1 aromatic heterocycles. The lowest BCUT2D eigenvalue weighted by Gasteiger charge is -2.48. The average molecular weight is 366 g/mol. The molecule has 10 heteroatoms. The number of fused-ring (bicyclic) bond motifs is 1. The summed E-state index contributed by atoms with van der Waals surface area (Å²) in [6, 6.07) is 1.12. The largest absolute Gasteiger partial charge is 0.485 e. The summed E-state index contributed by atoms with van der Waals surface area (Å²) in [5.41, 5.74) is -0.228. The number of hydrogen-bond donors (Lipinski definition) is 1. The fourth-order valence-corrected chi connectivity index (χ4v) is 3.44. The van der Waals surface area contributed by atoms with Gasteiger partial charge in [0.25, 0.3) is 5.09 Å². The molecule has 3 heterocycles. The number of amides is 1. The quantitative estimate of drug-likeness (QED) is 0.599. The summed E-state index contributed by atoms with van der Waals surface area (Å²) in [7, 11) is 0. The van der Waals surface area contributed by atoms with E-state index in [0.717, 1.165) is 0 Å². The Balaban J connectivity index is 1.83. The predicted molar refractivity (Wildman–Crippen MR) is 88.5 cm³/mol. The lowest BCUT2D eigenvalue weighted by molar-refractivity contribution is -0.773. The Morgan fingerprint density at radius 3 is 2.88 bits per heavy atom. The van der Waals surface area contributed by atoms with Crippen molar-refractivity contribution in [2.45, 2.75) is 44.7 Å². The molecule has 1 unspecified atom stereocenters. The number of ether oxygens (including phenoxy) is 1. The SMILES string of the molecule is CC(O[N+](=O)[O-])N1CCN([C@H]2c3cnccc3OC(C)(C)[C@@H]2O)C(=O)C1. The number of carbonyl (C=O) groups is 1. The minimum atomic E-state index is -0.942. The molecule has 3 rings (SSSR count). The number of aliphatic hydroxyl groups excluding tert-OH is 1. The standard InChI is InChI=1S/C16H22N4O6/c1-10(26-20(23)24)18-6-7-19(13(21)9-18)14-11-8-17-5-4-12(11)25-16(2,3)15(14)22/h4-5,8,10,14-15,22H,6-7,9H2,1-3H3/t10?,14-,15+/m0/s1. The summed E-state index contributed by atoms with van der Waals surface area (Å²) in [5.74, 6) is 0.340. The molecule has 0 saturated carbocycles. The summed E-state index contributed by atoms with van der Waals surface area (Å²) in [5, 5.41) is 20.5. The van der Waals surface area contributed by atoms with Gasteiger partial charge < -0.3 is 14.7 Å². The number of aliphatic hydroxyl groups is 1. The van der Waals surface area contributed by atoms with Gasteiger partial charge in [0.05, 0.1) is 12.6 Å². The van der Waals surface area contributed by atoms with Gasteiger partial charge in [0.1, 0.15) is 17.5 Å². The van der Waals surface area contributed by atoms with Crippen molar-refractivity contribution < 1.29 is 24.6 Å². The normalized spacial score (nSPS) is 26.6. The van der Waals surface area contributed by atoms with Gasteiger partial charge in [-0.2, -0.15) is 0 Å². The molecule has 1 N–H and O–H groups in total. The first-order chi connectivity index (χ1) is 12.2. The van der Waals surface area contributed by atoms with E-state index in [2.05, 4.69) is 9.82 Å². The molecular formula is C16H22N4O6. The number of hydrogen-bond acceptors (Lipinski definition) is 8. The van der Waals surface area contributed by atoms with Crippen molar-refractivity contribution in [3.8, 4) is 5.75 Å². The molecule has 3 atom stereocenters. The summed E-state index contributed by atoms with van der Waals surface area (Å²) in [4.78, 5) is 35.0. The smallest absolute Gasteiger partial charge is 0.296 e. The Labute approximate surface area is 150 Å². The molecule has 1 saturated heterocycles. The van der Waals surface area contributed by atoms with Crippen molar-refractivity contribution in [3.05, 3.63) is 34.1 Å². The fourth-order valence-electron chi connectivity index (χ4n) is 3.44. The van der Waals surface area contributed by atoms with E-state index < -0.39 is 29.1 Å². The Bertz CT molecular complexity index is 712. The lowest BCUT2D eigenvalue weighted by Crippen LogP contribution is -2.60. The maximum atomic E-state index is 12.7. The summed E-state index contributed by atoms with van der Waals surface area (Å²) in [6.45, 7) is 5.72. The zero-order valence-electron chi connectivity index (χ0n) is 14.9. The highest BCUT2D eigenvalue weighted by Gasteiger charge is 2.47. The fraction of sp³-hybridized carbons (Fsp3) is 0.625. The first-order valence-corrected chi connectivity index (χ1v) is 8.36. The number of carbonyl (C=O) groups excluding carboxylic acids is 1. The van der Waals surface area contributed by atoms with E-state index in [1.165, 1.54) is 6.92 Å². The van der Waals surface area contributed by atoms with Gasteiger partial charge in [0.2, 0.25) is 5.91 Å². The van der Waals surface area contributed by atoms with Gasteiger partial charge in [0.15, 0.2) is 6.23 Å². The van der Waals surface area contributed by atoms with Crippen LogP contribution in [0.15, 0.2) is 18.5 Å². The van der Waals surface area contributed by atoms with E-state index in [9.17, 15) is 20.0 Å². The number of aromatic nitrogens is 1. The van der Waals surface area contributed by atoms with Crippen molar-refractivity contribution in [1.82, 2.24) is 14.8 Å². The summed E-state index contributed by atoms with van der Waals surface area (Å²) in [6.07, 6.45) is 1.43. The average Bonchev–Trinajstić information content (AvgIpc) is 2.56. The highest BCUT2D eigenvalue weighted by Crippen LogP contribution is 2.42. The number of rotatable bonds is 4. The van der Waals surface area contributed by atoms with Crippen molar-refractivity contribution in [2.24, 2.45) is 0 Å². The van der Waals surface area contributed by atoms with E-state index in [4.69, 9.17) is 4.74 Å². The van der Waals surface area contributed by atoms with Crippen LogP contribution in [-0.2, 0) is 9.63 Å². The van der Waals surface area contributed by atoms with Crippen LogP contribution in [-0.4, -0.2) is 68.5 Å². The van der Waals surface area contributed by atoms with E-state index >= 15 is 0 Å². The molecule has 0 radical (unpaired) electrons. The lowest BCUT2D eigenvalue weighted by atomic mass is 9.86. The number of pyridine rings is 1. The highest BCUT2D eigenvalue weighted by atomic mass is 17.0. The maximum Gasteiger partial charge on any atom is 0.296 e. The van der Waals surface area contributed by atoms with Crippen molar-refractivity contribution in [1.29, 1.82) is 0 Å². The monoisotopic (exact) mass is 366 g/mol. The van der Waals surface area contributed by atoms with Crippen LogP contribution in [0.4, 0.5) is 0 Å². The molecule has 0 spiro atoms. The second-order valence-corrected chi connectivity index (χ2v) is 6.99. The molecule has 10 nitrogen and oxygen atoms in total. The Kier molecular flexibility index (Phi) is 4.72. The Morgan fingerprint density at radius 1 is 1.50 bits per heavy atom. The van der Waals surface area contributed by atoms with Gasteiger partial charge in [-0.1, -0.05) is 0 Å². The summed E-state index contributed by atoms with van der Waals surface area (Å²) >= 11 is 0. The zero-order chi connectivity index (χ0) is 19.1. The summed E-state index contributed by atoms with van der Waals surface area (Å²) < 4.78 is 5.86. The van der Waals surface area contributed by atoms with E-state index in [-0.39, 0.29) is 12.5 Å². The highest BCUT2D eigenvalue weighted by molar-refractivity contribution is 5.80. The molecule has 0 aromatic carbocycles. The maximum absolute atomic E-state index is 12.7. The number of piperazine rings is 1. The van der Waals surface area contributed by atoms with Gasteiger partial charge in [-0.05, 0) is 26.8 Å². The molecule has 1 aromatic rings. The molecule has 0 aliphatic carbocycles. The molecule has 1 amide bonds. The van der Waals surface area contributed by atoms with Gasteiger partial charge >= 0.3 is 0 Å². The number of nitrogens with zero attached hydrogens (tertiary/aromatic N) is 4. The molecule has 0 bridgehead atoms. The minimum absolute atomic E-state index is 0.0326. The van der Waals surface area contributed by atoms with Gasteiger partial charge in [-0.3, -0.25) is 19.5 Å². The van der Waals surface area contributed by atoms with Crippen molar-refractivity contribution in [3.63, 3.8) is 0 Å². The minimum Gasteiger partial charge on any atom is -0.485 e. The van der Waals surface area contributed by atoms with Gasteiger partial charge in [-0.15, -0.1) is 10.1 Å². The third kappa shape index (κ3) is 3.29. The van der Waals surface area contributed by atoms with Crippen LogP contribution < -0.4 is 4.74 Å². The van der Waals surface area contributed by atoms with Crippen molar-refractivity contribution in [2.75, 3.05) is 19.6 Å². The zero-order valence-corrected chi connectivity index (χ0v) is 14.9. The molecular weight excluding hydrogens is 344 g/mol. The molecule has 1 fully saturated rings.